The van der Waals surface area contributed by atoms with Gasteiger partial charge in [-0.3, -0.25) is 14.7 Å². The highest BCUT2D eigenvalue weighted by Crippen LogP contribution is 2.13. The molecule has 4 aromatic rings. The molecule has 2 heterocycles. The largest absolute Gasteiger partial charge is 0.297 e. The monoisotopic (exact) mass is 331 g/mol. The molecule has 0 saturated heterocycles. The van der Waals surface area contributed by atoms with Gasteiger partial charge in [0.15, 0.2) is 0 Å². The molecule has 0 radical (unpaired) electrons. The third-order valence-electron chi connectivity index (χ3n) is 3.52. The minimum atomic E-state index is -0.458. The molecule has 4 rings (SSSR count). The molecule has 0 fully saturated rings. The molecule has 0 saturated carbocycles. The van der Waals surface area contributed by atoms with Gasteiger partial charge >= 0.3 is 0 Å². The number of nitrogens with zero attached hydrogens (tertiary/aromatic N) is 6. The summed E-state index contributed by atoms with van der Waals surface area (Å²) in [6, 6.07) is 18.9. The molecule has 122 valence electrons. The second-order valence-corrected chi connectivity index (χ2v) is 5.16. The van der Waals surface area contributed by atoms with Crippen LogP contribution in [0.3, 0.4) is 0 Å². The molecule has 2 aromatic heterocycles. The molecular weight excluding hydrogens is 318 g/mol. The molecule has 1 N–H and O–H groups in total. The molecule has 0 aliphatic heterocycles. The maximum Gasteiger partial charge on any atom is 0.297 e. The van der Waals surface area contributed by atoms with Crippen molar-refractivity contribution in [2.24, 2.45) is 0 Å². The third-order valence-corrected chi connectivity index (χ3v) is 3.52. The van der Waals surface area contributed by atoms with Crippen LogP contribution in [0.15, 0.2) is 73.3 Å². The first-order chi connectivity index (χ1) is 12.3. The molecule has 1 amide bonds. The van der Waals surface area contributed by atoms with Gasteiger partial charge in [-0.05, 0) is 24.3 Å². The first-order valence-corrected chi connectivity index (χ1v) is 7.55. The van der Waals surface area contributed by atoms with Crippen molar-refractivity contribution in [3.63, 3.8) is 0 Å². The standard InChI is InChI=1S/C17H13N7O/c25-16(15-18-11-24(22-15)14-9-5-2-6-10-14)20-17-21-19-12-23(17)13-7-3-1-4-8-13/h1-12H,(H,20,21,25). The molecule has 0 aliphatic rings. The molecule has 0 aliphatic carbocycles. The van der Waals surface area contributed by atoms with Gasteiger partial charge in [0, 0.05) is 0 Å². The fourth-order valence-corrected chi connectivity index (χ4v) is 2.33. The fraction of sp³-hybridized carbons (Fsp3) is 0. The van der Waals surface area contributed by atoms with Crippen molar-refractivity contribution in [3.8, 4) is 11.4 Å². The Bertz CT molecular complexity index is 992. The molecule has 0 bridgehead atoms. The molecule has 25 heavy (non-hydrogen) atoms. The zero-order valence-electron chi connectivity index (χ0n) is 13.0. The first-order valence-electron chi connectivity index (χ1n) is 7.55. The molecule has 0 unspecified atom stereocenters. The maximum atomic E-state index is 12.4. The number of amides is 1. The molecule has 2 aromatic carbocycles. The highest BCUT2D eigenvalue weighted by molar-refractivity contribution is 6.00. The number of para-hydroxylation sites is 2. The zero-order valence-corrected chi connectivity index (χ0v) is 13.0. The molecule has 8 nitrogen and oxygen atoms in total. The van der Waals surface area contributed by atoms with Crippen LogP contribution in [0.1, 0.15) is 10.6 Å². The van der Waals surface area contributed by atoms with Crippen LogP contribution in [-0.2, 0) is 0 Å². The lowest BCUT2D eigenvalue weighted by Gasteiger charge is -2.06. The summed E-state index contributed by atoms with van der Waals surface area (Å²) >= 11 is 0. The van der Waals surface area contributed by atoms with E-state index >= 15 is 0 Å². The maximum absolute atomic E-state index is 12.4. The number of anilines is 1. The summed E-state index contributed by atoms with van der Waals surface area (Å²) in [6.45, 7) is 0. The van der Waals surface area contributed by atoms with Gasteiger partial charge in [0.05, 0.1) is 11.4 Å². The smallest absolute Gasteiger partial charge is 0.287 e. The van der Waals surface area contributed by atoms with E-state index in [1.54, 1.807) is 4.57 Å². The number of benzene rings is 2. The summed E-state index contributed by atoms with van der Waals surface area (Å²) in [4.78, 5) is 16.5. The van der Waals surface area contributed by atoms with Crippen LogP contribution in [0, 0.1) is 0 Å². The van der Waals surface area contributed by atoms with Crippen molar-refractivity contribution in [2.45, 2.75) is 0 Å². The Morgan fingerprint density at radius 1 is 0.880 bits per heavy atom. The lowest BCUT2D eigenvalue weighted by atomic mass is 10.3. The van der Waals surface area contributed by atoms with Crippen LogP contribution in [0.5, 0.6) is 0 Å². The lowest BCUT2D eigenvalue weighted by Crippen LogP contribution is -2.17. The van der Waals surface area contributed by atoms with Crippen molar-refractivity contribution < 1.29 is 4.79 Å². The summed E-state index contributed by atoms with van der Waals surface area (Å²) in [7, 11) is 0. The van der Waals surface area contributed by atoms with Crippen LogP contribution in [0.4, 0.5) is 5.95 Å². The number of nitrogens with one attached hydrogen (secondary N) is 1. The summed E-state index contributed by atoms with van der Waals surface area (Å²) < 4.78 is 3.21. The number of hydrogen-bond donors (Lipinski definition) is 1. The van der Waals surface area contributed by atoms with E-state index < -0.39 is 5.91 Å². The van der Waals surface area contributed by atoms with Crippen LogP contribution >= 0.6 is 0 Å². The van der Waals surface area contributed by atoms with E-state index in [0.29, 0.717) is 5.95 Å². The van der Waals surface area contributed by atoms with E-state index in [-0.39, 0.29) is 5.82 Å². The number of rotatable bonds is 4. The topological polar surface area (TPSA) is 90.5 Å². The van der Waals surface area contributed by atoms with Gasteiger partial charge in [-0.2, -0.15) is 0 Å². The van der Waals surface area contributed by atoms with Crippen molar-refractivity contribution in [1.29, 1.82) is 0 Å². The van der Waals surface area contributed by atoms with Gasteiger partial charge in [0.2, 0.25) is 11.8 Å². The Balaban J connectivity index is 1.56. The third kappa shape index (κ3) is 3.00. The second kappa shape index (κ2) is 6.36. The number of carbonyl (C=O) groups is 1. The Morgan fingerprint density at radius 3 is 2.28 bits per heavy atom. The van der Waals surface area contributed by atoms with Gasteiger partial charge < -0.3 is 0 Å². The Labute approximate surface area is 142 Å². The van der Waals surface area contributed by atoms with E-state index in [4.69, 9.17) is 0 Å². The Kier molecular flexibility index (Phi) is 3.76. The van der Waals surface area contributed by atoms with Gasteiger partial charge in [-0.25, -0.2) is 9.67 Å². The summed E-state index contributed by atoms with van der Waals surface area (Å²) in [5.74, 6) is -0.112. The summed E-state index contributed by atoms with van der Waals surface area (Å²) in [6.07, 6.45) is 3.02. The molecule has 0 spiro atoms. The lowest BCUT2D eigenvalue weighted by molar-refractivity contribution is 0.101. The first kappa shape index (κ1) is 14.8. The SMILES string of the molecule is O=C(Nc1nncn1-c1ccccc1)c1ncn(-c2ccccc2)n1. The normalized spacial score (nSPS) is 10.6. The van der Waals surface area contributed by atoms with Crippen molar-refractivity contribution in [3.05, 3.63) is 79.1 Å². The average Bonchev–Trinajstić information content (AvgIpc) is 3.33. The summed E-state index contributed by atoms with van der Waals surface area (Å²) in [5.41, 5.74) is 1.66. The number of hydrogen-bond acceptors (Lipinski definition) is 5. The number of aromatic nitrogens is 6. The highest BCUT2D eigenvalue weighted by Gasteiger charge is 2.16. The van der Waals surface area contributed by atoms with Crippen LogP contribution < -0.4 is 5.32 Å². The van der Waals surface area contributed by atoms with Gasteiger partial charge in [-0.1, -0.05) is 36.4 Å². The zero-order chi connectivity index (χ0) is 17.1. The van der Waals surface area contributed by atoms with E-state index in [9.17, 15) is 4.79 Å². The predicted molar refractivity (Wildman–Crippen MR) is 90.7 cm³/mol. The van der Waals surface area contributed by atoms with E-state index in [1.807, 2.05) is 60.7 Å². The van der Waals surface area contributed by atoms with Gasteiger partial charge in [0.1, 0.15) is 12.7 Å². The minimum absolute atomic E-state index is 0.0477. The summed E-state index contributed by atoms with van der Waals surface area (Å²) in [5, 5.41) is 14.7. The predicted octanol–water partition coefficient (Wildman–Crippen LogP) is 2.10. The van der Waals surface area contributed by atoms with E-state index in [2.05, 4.69) is 25.6 Å². The van der Waals surface area contributed by atoms with E-state index in [0.717, 1.165) is 11.4 Å². The van der Waals surface area contributed by atoms with Crippen LogP contribution in [-0.4, -0.2) is 35.4 Å². The van der Waals surface area contributed by atoms with Crippen molar-refractivity contribution in [2.75, 3.05) is 5.32 Å². The highest BCUT2D eigenvalue weighted by atomic mass is 16.2. The molecule has 8 heteroatoms. The Hall–Kier alpha value is -3.81. The van der Waals surface area contributed by atoms with Gasteiger partial charge in [-0.15, -0.1) is 15.3 Å². The average molecular weight is 331 g/mol. The van der Waals surface area contributed by atoms with Crippen molar-refractivity contribution in [1.82, 2.24) is 29.5 Å². The molecular formula is C17H13N7O. The fourth-order valence-electron chi connectivity index (χ4n) is 2.33. The second-order valence-electron chi connectivity index (χ2n) is 5.16. The van der Waals surface area contributed by atoms with Gasteiger partial charge in [0.25, 0.3) is 5.91 Å². The quantitative estimate of drug-likeness (QED) is 0.618. The van der Waals surface area contributed by atoms with Crippen molar-refractivity contribution >= 4 is 11.9 Å². The van der Waals surface area contributed by atoms with Crippen LogP contribution in [0.2, 0.25) is 0 Å². The minimum Gasteiger partial charge on any atom is -0.287 e. The number of carbonyl (C=O) groups excluding carboxylic acids is 1. The van der Waals surface area contributed by atoms with E-state index in [1.165, 1.54) is 17.3 Å². The van der Waals surface area contributed by atoms with Crippen LogP contribution in [0.25, 0.3) is 11.4 Å². The molecule has 0 atom stereocenters. The Morgan fingerprint density at radius 2 is 1.56 bits per heavy atom.